The van der Waals surface area contributed by atoms with Crippen LogP contribution in [-0.2, 0) is 6.42 Å². The molecular weight excluding hydrogens is 234 g/mol. The summed E-state index contributed by atoms with van der Waals surface area (Å²) in [5.74, 6) is 0.742. The van der Waals surface area contributed by atoms with Gasteiger partial charge in [-0.25, -0.2) is 4.68 Å². The largest absolute Gasteiger partial charge is 0.316 e. The molecule has 1 aromatic heterocycles. The van der Waals surface area contributed by atoms with Crippen LogP contribution in [0.25, 0.3) is 5.69 Å². The number of aryl methyl sites for hydroxylation is 1. The van der Waals surface area contributed by atoms with Gasteiger partial charge >= 0.3 is 0 Å². The van der Waals surface area contributed by atoms with Crippen LogP contribution in [0, 0.1) is 12.8 Å². The summed E-state index contributed by atoms with van der Waals surface area (Å²) in [7, 11) is 0. The van der Waals surface area contributed by atoms with Crippen LogP contribution < -0.4 is 5.32 Å². The molecule has 0 aliphatic carbocycles. The second kappa shape index (κ2) is 5.57. The maximum Gasteiger partial charge on any atom is 0.0648 e. The molecule has 1 atom stereocenters. The predicted octanol–water partition coefficient (Wildman–Crippen LogP) is 2.72. The third kappa shape index (κ3) is 2.71. The topological polar surface area (TPSA) is 29.9 Å². The molecule has 0 spiro atoms. The van der Waals surface area contributed by atoms with Gasteiger partial charge in [0.2, 0.25) is 0 Å². The first kappa shape index (κ1) is 12.4. The number of piperidine rings is 1. The van der Waals surface area contributed by atoms with E-state index in [1.807, 2.05) is 12.3 Å². The zero-order chi connectivity index (χ0) is 13.1. The van der Waals surface area contributed by atoms with Gasteiger partial charge in [-0.2, -0.15) is 5.10 Å². The smallest absolute Gasteiger partial charge is 0.0648 e. The summed E-state index contributed by atoms with van der Waals surface area (Å²) in [5, 5.41) is 8.04. The fraction of sp³-hybridized carbons (Fsp3) is 0.438. The van der Waals surface area contributed by atoms with E-state index in [4.69, 9.17) is 0 Å². The van der Waals surface area contributed by atoms with Gasteiger partial charge in [-0.05, 0) is 62.9 Å². The minimum Gasteiger partial charge on any atom is -0.316 e. The second-order valence-corrected chi connectivity index (χ2v) is 5.44. The van der Waals surface area contributed by atoms with E-state index in [1.54, 1.807) is 0 Å². The zero-order valence-corrected chi connectivity index (χ0v) is 11.5. The highest BCUT2D eigenvalue weighted by Crippen LogP contribution is 2.21. The Morgan fingerprint density at radius 3 is 2.89 bits per heavy atom. The number of hydrogen-bond acceptors (Lipinski definition) is 2. The van der Waals surface area contributed by atoms with E-state index < -0.39 is 0 Å². The van der Waals surface area contributed by atoms with E-state index in [0.29, 0.717) is 0 Å². The van der Waals surface area contributed by atoms with Crippen molar-refractivity contribution in [2.45, 2.75) is 26.2 Å². The molecule has 100 valence electrons. The summed E-state index contributed by atoms with van der Waals surface area (Å²) >= 11 is 0. The Bertz CT molecular complexity index is 524. The number of para-hydroxylation sites is 1. The van der Waals surface area contributed by atoms with Gasteiger partial charge in [-0.1, -0.05) is 18.2 Å². The van der Waals surface area contributed by atoms with E-state index in [2.05, 4.69) is 46.3 Å². The van der Waals surface area contributed by atoms with Gasteiger partial charge in [0.1, 0.15) is 0 Å². The van der Waals surface area contributed by atoms with Gasteiger partial charge < -0.3 is 5.32 Å². The maximum absolute atomic E-state index is 4.55. The minimum absolute atomic E-state index is 0.742. The summed E-state index contributed by atoms with van der Waals surface area (Å²) in [6.45, 7) is 4.48. The lowest BCUT2D eigenvalue weighted by atomic mass is 9.93. The predicted molar refractivity (Wildman–Crippen MR) is 77.6 cm³/mol. The molecule has 2 heterocycles. The van der Waals surface area contributed by atoms with Crippen LogP contribution in [0.4, 0.5) is 0 Å². The van der Waals surface area contributed by atoms with Gasteiger partial charge in [-0.15, -0.1) is 0 Å². The molecule has 2 aromatic rings. The SMILES string of the molecule is Cc1cnn(-c2ccccc2)c1CC1CCCNC1. The van der Waals surface area contributed by atoms with E-state index in [0.717, 1.165) is 24.6 Å². The first-order chi connectivity index (χ1) is 9.34. The first-order valence-corrected chi connectivity index (χ1v) is 7.14. The van der Waals surface area contributed by atoms with Crippen molar-refractivity contribution in [2.75, 3.05) is 13.1 Å². The van der Waals surface area contributed by atoms with Crippen molar-refractivity contribution < 1.29 is 0 Å². The van der Waals surface area contributed by atoms with Crippen molar-refractivity contribution in [2.24, 2.45) is 5.92 Å². The van der Waals surface area contributed by atoms with Crippen molar-refractivity contribution in [3.05, 3.63) is 47.8 Å². The number of rotatable bonds is 3. The average Bonchev–Trinajstić information content (AvgIpc) is 2.82. The summed E-state index contributed by atoms with van der Waals surface area (Å²) < 4.78 is 2.10. The molecule has 3 rings (SSSR count). The minimum atomic E-state index is 0.742. The molecule has 0 amide bonds. The quantitative estimate of drug-likeness (QED) is 0.914. The molecule has 1 saturated heterocycles. The molecule has 1 aromatic carbocycles. The van der Waals surface area contributed by atoms with Gasteiger partial charge in [0, 0.05) is 5.69 Å². The molecular formula is C16H21N3. The van der Waals surface area contributed by atoms with Gasteiger partial charge in [0.05, 0.1) is 11.9 Å². The van der Waals surface area contributed by atoms with Gasteiger partial charge in [0.25, 0.3) is 0 Å². The Morgan fingerprint density at radius 1 is 1.32 bits per heavy atom. The number of benzene rings is 1. The molecule has 1 N–H and O–H groups in total. The third-order valence-corrected chi connectivity index (χ3v) is 3.96. The molecule has 0 bridgehead atoms. The van der Waals surface area contributed by atoms with Crippen molar-refractivity contribution in [3.63, 3.8) is 0 Å². The molecule has 3 heteroatoms. The van der Waals surface area contributed by atoms with Crippen LogP contribution in [0.15, 0.2) is 36.5 Å². The molecule has 1 unspecified atom stereocenters. The van der Waals surface area contributed by atoms with Crippen LogP contribution in [0.3, 0.4) is 0 Å². The maximum atomic E-state index is 4.55. The Morgan fingerprint density at radius 2 is 2.16 bits per heavy atom. The highest BCUT2D eigenvalue weighted by atomic mass is 15.3. The number of aromatic nitrogens is 2. The lowest BCUT2D eigenvalue weighted by Crippen LogP contribution is -2.31. The molecule has 19 heavy (non-hydrogen) atoms. The lowest BCUT2D eigenvalue weighted by molar-refractivity contribution is 0.371. The molecule has 1 aliphatic heterocycles. The first-order valence-electron chi connectivity index (χ1n) is 7.14. The second-order valence-electron chi connectivity index (χ2n) is 5.44. The van der Waals surface area contributed by atoms with Crippen LogP contribution in [0.1, 0.15) is 24.1 Å². The van der Waals surface area contributed by atoms with Crippen molar-refractivity contribution in [3.8, 4) is 5.69 Å². The Balaban J connectivity index is 1.86. The summed E-state index contributed by atoms with van der Waals surface area (Å²) in [6, 6.07) is 10.4. The summed E-state index contributed by atoms with van der Waals surface area (Å²) in [4.78, 5) is 0. The van der Waals surface area contributed by atoms with Crippen LogP contribution in [0.2, 0.25) is 0 Å². The monoisotopic (exact) mass is 255 g/mol. The summed E-state index contributed by atoms with van der Waals surface area (Å²) in [5.41, 5.74) is 3.82. The molecule has 3 nitrogen and oxygen atoms in total. The highest BCUT2D eigenvalue weighted by Gasteiger charge is 2.18. The summed E-state index contributed by atoms with van der Waals surface area (Å²) in [6.07, 6.45) is 5.72. The zero-order valence-electron chi connectivity index (χ0n) is 11.5. The van der Waals surface area contributed by atoms with Gasteiger partial charge in [0.15, 0.2) is 0 Å². The normalized spacial score (nSPS) is 19.5. The third-order valence-electron chi connectivity index (χ3n) is 3.96. The van der Waals surface area contributed by atoms with Crippen molar-refractivity contribution >= 4 is 0 Å². The standard InChI is InChI=1S/C16H21N3/c1-13-11-18-19(15-7-3-2-4-8-15)16(13)10-14-6-5-9-17-12-14/h2-4,7-8,11,14,17H,5-6,9-10,12H2,1H3. The molecule has 0 radical (unpaired) electrons. The lowest BCUT2D eigenvalue weighted by Gasteiger charge is -2.23. The Hall–Kier alpha value is -1.61. The number of nitrogens with one attached hydrogen (secondary N) is 1. The Labute approximate surface area is 114 Å². The van der Waals surface area contributed by atoms with Crippen LogP contribution in [0.5, 0.6) is 0 Å². The molecule has 0 saturated carbocycles. The average molecular weight is 255 g/mol. The van der Waals surface area contributed by atoms with E-state index in [-0.39, 0.29) is 0 Å². The number of hydrogen-bond donors (Lipinski definition) is 1. The molecule has 1 aliphatic rings. The van der Waals surface area contributed by atoms with Crippen LogP contribution >= 0.6 is 0 Å². The van der Waals surface area contributed by atoms with Gasteiger partial charge in [-0.3, -0.25) is 0 Å². The molecule has 1 fully saturated rings. The van der Waals surface area contributed by atoms with Crippen molar-refractivity contribution in [1.29, 1.82) is 0 Å². The van der Waals surface area contributed by atoms with Crippen molar-refractivity contribution in [1.82, 2.24) is 15.1 Å². The fourth-order valence-electron chi connectivity index (χ4n) is 2.87. The van der Waals surface area contributed by atoms with Crippen LogP contribution in [-0.4, -0.2) is 22.9 Å². The Kier molecular flexibility index (Phi) is 3.65. The number of nitrogens with zero attached hydrogens (tertiary/aromatic N) is 2. The fourth-order valence-corrected chi connectivity index (χ4v) is 2.87. The van der Waals surface area contributed by atoms with E-state index in [9.17, 15) is 0 Å². The highest BCUT2D eigenvalue weighted by molar-refractivity contribution is 5.34. The van der Waals surface area contributed by atoms with E-state index in [1.165, 1.54) is 30.6 Å². The van der Waals surface area contributed by atoms with E-state index >= 15 is 0 Å².